The summed E-state index contributed by atoms with van der Waals surface area (Å²) in [7, 11) is 2.93. The van der Waals surface area contributed by atoms with Crippen LogP contribution in [0.4, 0.5) is 9.59 Å². The molecular weight excluding hydrogens is 720 g/mol. The Morgan fingerprint density at radius 2 is 1.00 bits per heavy atom. The van der Waals surface area contributed by atoms with E-state index >= 15 is 0 Å². The maximum Gasteiger partial charge on any atom is 0.412 e. The van der Waals surface area contributed by atoms with Crippen LogP contribution in [0.3, 0.4) is 0 Å². The van der Waals surface area contributed by atoms with E-state index < -0.39 is 60.5 Å². The summed E-state index contributed by atoms with van der Waals surface area (Å²) < 4.78 is 20.1. The van der Waals surface area contributed by atoms with Crippen LogP contribution in [0.25, 0.3) is 33.6 Å². The van der Waals surface area contributed by atoms with Crippen molar-refractivity contribution in [1.82, 2.24) is 30.6 Å². The summed E-state index contributed by atoms with van der Waals surface area (Å²) in [6.45, 7) is 15.5. The van der Waals surface area contributed by atoms with Gasteiger partial charge < -0.3 is 40.4 Å². The molecule has 2 aromatic heterocycles. The summed E-state index contributed by atoms with van der Waals surface area (Å²) in [5.41, 5.74) is 17.9. The molecular formula is C40H54N8O8. The minimum atomic E-state index is -1.19. The minimum absolute atomic E-state index is 0.00230. The van der Waals surface area contributed by atoms with Crippen molar-refractivity contribution in [3.8, 4) is 33.6 Å². The van der Waals surface area contributed by atoms with E-state index in [1.807, 2.05) is 39.8 Å². The smallest absolute Gasteiger partial charge is 0.379 e. The molecule has 0 aliphatic carbocycles. The molecule has 16 heteroatoms. The lowest BCUT2D eigenvalue weighted by Gasteiger charge is -2.28. The molecule has 0 unspecified atom stereocenters. The van der Waals surface area contributed by atoms with E-state index in [0.29, 0.717) is 11.6 Å². The molecule has 302 valence electrons. The van der Waals surface area contributed by atoms with Crippen molar-refractivity contribution in [3.63, 3.8) is 0 Å². The Hall–Kier alpha value is -5.42. The Bertz CT molecular complexity index is 1990. The standard InChI is InChI=1S/C40H54N8O8/c1-19(2)31(47-33(23(7)53-9)37(49)55-39(41)51)35-43-17-29(45-35)26-13-11-25(12-14-26)27-15-16-28(22(6)21(27)5)30-18-44-36(46-30)32(20(3)4)48-34(24(8)54-10)38(50)56-40(42)52/h11-20,23-24,31-34,47-48H,1-10H3,(H2,41,51)(H2,42,52)(H,43,45)(H,44,46)/t23-,24-,31+,32+,33+,34+/m1/s1. The van der Waals surface area contributed by atoms with Gasteiger partial charge in [0, 0.05) is 19.8 Å². The Labute approximate surface area is 326 Å². The largest absolute Gasteiger partial charge is 0.412 e. The van der Waals surface area contributed by atoms with E-state index in [1.165, 1.54) is 14.2 Å². The second kappa shape index (κ2) is 18.9. The number of primary amides is 2. The molecule has 6 atom stereocenters. The highest BCUT2D eigenvalue weighted by Crippen LogP contribution is 2.34. The van der Waals surface area contributed by atoms with Gasteiger partial charge in [0.05, 0.1) is 48.1 Å². The number of aromatic nitrogens is 4. The molecule has 2 heterocycles. The number of ether oxygens (including phenoxy) is 4. The fourth-order valence-corrected chi connectivity index (χ4v) is 6.48. The number of carbonyl (C=O) groups excluding carboxylic acids is 4. The third kappa shape index (κ3) is 10.3. The zero-order valence-electron chi connectivity index (χ0n) is 33.6. The first-order valence-corrected chi connectivity index (χ1v) is 18.4. The molecule has 0 bridgehead atoms. The van der Waals surface area contributed by atoms with Crippen molar-refractivity contribution >= 4 is 24.1 Å². The summed E-state index contributed by atoms with van der Waals surface area (Å²) in [5.74, 6) is -0.466. The summed E-state index contributed by atoms with van der Waals surface area (Å²) in [5, 5.41) is 6.49. The molecule has 2 aromatic carbocycles. The zero-order chi connectivity index (χ0) is 41.4. The van der Waals surface area contributed by atoms with Crippen molar-refractivity contribution in [2.75, 3.05) is 14.2 Å². The third-order valence-electron chi connectivity index (χ3n) is 10.0. The average molecular weight is 775 g/mol. The van der Waals surface area contributed by atoms with Gasteiger partial charge in [0.2, 0.25) is 0 Å². The summed E-state index contributed by atoms with van der Waals surface area (Å²) in [4.78, 5) is 64.1. The number of nitrogens with two attached hydrogens (primary N) is 2. The number of benzene rings is 2. The number of H-pyrrole nitrogens is 2. The number of amides is 2. The van der Waals surface area contributed by atoms with Gasteiger partial charge >= 0.3 is 24.1 Å². The second-order valence-corrected chi connectivity index (χ2v) is 14.4. The van der Waals surface area contributed by atoms with Crippen LogP contribution in [0.1, 0.15) is 76.4 Å². The fraction of sp³-hybridized carbons (Fsp3) is 0.450. The number of carbonyl (C=O) groups is 4. The Morgan fingerprint density at radius 1 is 0.607 bits per heavy atom. The fourth-order valence-electron chi connectivity index (χ4n) is 6.48. The van der Waals surface area contributed by atoms with Crippen LogP contribution in [0.5, 0.6) is 0 Å². The highest BCUT2D eigenvalue weighted by atomic mass is 16.6. The maximum atomic E-state index is 12.7. The van der Waals surface area contributed by atoms with Gasteiger partial charge in [-0.05, 0) is 67.3 Å². The molecule has 56 heavy (non-hydrogen) atoms. The number of nitrogens with zero attached hydrogens (tertiary/aromatic N) is 2. The van der Waals surface area contributed by atoms with Crippen LogP contribution in [-0.4, -0.2) is 82.6 Å². The molecule has 0 saturated heterocycles. The van der Waals surface area contributed by atoms with Gasteiger partial charge in [-0.15, -0.1) is 0 Å². The number of rotatable bonds is 17. The topological polar surface area (TPSA) is 239 Å². The molecule has 0 radical (unpaired) electrons. The SMILES string of the molecule is CO[C@H](C)[C@H](N[C@H](c1ncc(-c2ccc(-c3ccc(-c4cnc([C@@H](N[C@H](C(=O)OC(N)=O)[C@@H](C)OC)C(C)C)[nH]4)c(C)c3C)cc2)[nH]1)C(C)C)C(=O)OC(N)=O. The Balaban J connectivity index is 1.55. The highest BCUT2D eigenvalue weighted by Gasteiger charge is 2.34. The van der Waals surface area contributed by atoms with Crippen LogP contribution >= 0.6 is 0 Å². The van der Waals surface area contributed by atoms with Gasteiger partial charge in [-0.25, -0.2) is 29.1 Å². The van der Waals surface area contributed by atoms with Crippen LogP contribution in [0.15, 0.2) is 48.8 Å². The van der Waals surface area contributed by atoms with E-state index in [2.05, 4.69) is 78.2 Å². The van der Waals surface area contributed by atoms with Gasteiger partial charge in [-0.1, -0.05) is 64.1 Å². The van der Waals surface area contributed by atoms with Crippen molar-refractivity contribution in [3.05, 3.63) is 71.6 Å². The van der Waals surface area contributed by atoms with E-state index in [-0.39, 0.29) is 11.8 Å². The van der Waals surface area contributed by atoms with Gasteiger partial charge in [-0.3, -0.25) is 10.6 Å². The highest BCUT2D eigenvalue weighted by molar-refractivity contribution is 5.88. The van der Waals surface area contributed by atoms with E-state index in [1.54, 1.807) is 26.2 Å². The van der Waals surface area contributed by atoms with Crippen molar-refractivity contribution in [1.29, 1.82) is 0 Å². The molecule has 0 fully saturated rings. The summed E-state index contributed by atoms with van der Waals surface area (Å²) in [6.07, 6.45) is -0.0995. The molecule has 4 aromatic rings. The number of imidazole rings is 2. The molecule has 0 saturated carbocycles. The molecule has 16 nitrogen and oxygen atoms in total. The molecule has 4 rings (SSSR count). The first kappa shape index (κ1) is 43.3. The monoisotopic (exact) mass is 774 g/mol. The van der Waals surface area contributed by atoms with Crippen LogP contribution in [0.2, 0.25) is 0 Å². The lowest BCUT2D eigenvalue weighted by molar-refractivity contribution is -0.144. The lowest BCUT2D eigenvalue weighted by atomic mass is 9.92. The minimum Gasteiger partial charge on any atom is -0.379 e. The van der Waals surface area contributed by atoms with Crippen LogP contribution < -0.4 is 22.1 Å². The van der Waals surface area contributed by atoms with E-state index in [0.717, 1.165) is 44.8 Å². The number of methoxy groups -OCH3 is 2. The maximum absolute atomic E-state index is 12.7. The van der Waals surface area contributed by atoms with Crippen molar-refractivity contribution < 1.29 is 38.1 Å². The van der Waals surface area contributed by atoms with Crippen LogP contribution in [0, 0.1) is 25.7 Å². The summed E-state index contributed by atoms with van der Waals surface area (Å²) >= 11 is 0. The number of aromatic amines is 2. The van der Waals surface area contributed by atoms with E-state index in [9.17, 15) is 19.2 Å². The normalized spacial score (nSPS) is 14.9. The second-order valence-electron chi connectivity index (χ2n) is 14.4. The Kier molecular flexibility index (Phi) is 14.7. The molecule has 0 aliphatic rings. The van der Waals surface area contributed by atoms with Gasteiger partial charge in [0.25, 0.3) is 0 Å². The van der Waals surface area contributed by atoms with Gasteiger partial charge in [0.15, 0.2) is 0 Å². The Morgan fingerprint density at radius 3 is 1.43 bits per heavy atom. The number of nitrogens with one attached hydrogen (secondary N) is 4. The zero-order valence-corrected chi connectivity index (χ0v) is 33.6. The third-order valence-corrected chi connectivity index (χ3v) is 10.0. The predicted molar refractivity (Wildman–Crippen MR) is 210 cm³/mol. The summed E-state index contributed by atoms with van der Waals surface area (Å²) in [6, 6.07) is 9.52. The van der Waals surface area contributed by atoms with Gasteiger partial charge in [-0.2, -0.15) is 0 Å². The molecule has 0 aliphatic heterocycles. The number of hydrogen-bond acceptors (Lipinski definition) is 12. The number of hydrogen-bond donors (Lipinski definition) is 6. The average Bonchev–Trinajstić information content (AvgIpc) is 3.83. The predicted octanol–water partition coefficient (Wildman–Crippen LogP) is 5.37. The van der Waals surface area contributed by atoms with Crippen molar-refractivity contribution in [2.45, 2.75) is 91.8 Å². The molecule has 2 amide bonds. The molecule has 8 N–H and O–H groups in total. The first-order chi connectivity index (χ1) is 26.5. The van der Waals surface area contributed by atoms with E-state index in [4.69, 9.17) is 20.9 Å². The first-order valence-electron chi connectivity index (χ1n) is 18.4. The quantitative estimate of drug-likeness (QED) is 0.0586. The van der Waals surface area contributed by atoms with Gasteiger partial charge in [0.1, 0.15) is 23.7 Å². The molecule has 0 spiro atoms. The van der Waals surface area contributed by atoms with Crippen molar-refractivity contribution in [2.24, 2.45) is 23.3 Å². The number of esters is 2. The lowest BCUT2D eigenvalue weighted by Crippen LogP contribution is -2.50. The van der Waals surface area contributed by atoms with Crippen LogP contribution in [-0.2, 0) is 28.5 Å².